The number of halogens is 1. The lowest BCUT2D eigenvalue weighted by atomic mass is 9.72. The first-order chi connectivity index (χ1) is 13.4. The van der Waals surface area contributed by atoms with Gasteiger partial charge < -0.3 is 14.5 Å². The summed E-state index contributed by atoms with van der Waals surface area (Å²) in [7, 11) is 5.78. The Bertz CT molecular complexity index is 672. The highest BCUT2D eigenvalue weighted by atomic mass is 19.1. The lowest BCUT2D eigenvalue weighted by Gasteiger charge is -2.47. The Morgan fingerprint density at radius 2 is 1.96 bits per heavy atom. The summed E-state index contributed by atoms with van der Waals surface area (Å²) in [6.07, 6.45) is 4.91. The molecule has 2 fully saturated rings. The minimum atomic E-state index is -0.219. The highest BCUT2D eigenvalue weighted by Crippen LogP contribution is 2.40. The van der Waals surface area contributed by atoms with E-state index in [1.165, 1.54) is 6.07 Å². The molecule has 3 rings (SSSR count). The number of carbonyl (C=O) groups excluding carboxylic acids is 1. The molecule has 0 N–H and O–H groups in total. The summed E-state index contributed by atoms with van der Waals surface area (Å²) in [5.41, 5.74) is 1.16. The van der Waals surface area contributed by atoms with E-state index in [0.29, 0.717) is 18.9 Å². The number of hydrogen-bond acceptors (Lipinski definition) is 4. The van der Waals surface area contributed by atoms with E-state index in [4.69, 9.17) is 4.74 Å². The maximum Gasteiger partial charge on any atom is 0.222 e. The minimum absolute atomic E-state index is 0.219. The summed E-state index contributed by atoms with van der Waals surface area (Å²) < 4.78 is 19.0. The van der Waals surface area contributed by atoms with Crippen LogP contribution in [0.4, 0.5) is 4.39 Å². The number of ether oxygens (including phenoxy) is 1. The van der Waals surface area contributed by atoms with Gasteiger partial charge in [-0.2, -0.15) is 0 Å². The number of methoxy groups -OCH3 is 1. The largest absolute Gasteiger partial charge is 0.496 e. The predicted octanol–water partition coefficient (Wildman–Crippen LogP) is 2.99. The Hall–Kier alpha value is -1.66. The molecular weight excluding hydrogens is 357 g/mol. The number of likely N-dealkylation sites (tertiary alicyclic amines) is 2. The fourth-order valence-electron chi connectivity index (χ4n) is 4.59. The van der Waals surface area contributed by atoms with Crippen molar-refractivity contribution >= 4 is 5.91 Å². The van der Waals surface area contributed by atoms with Gasteiger partial charge in [0, 0.05) is 31.6 Å². The van der Waals surface area contributed by atoms with E-state index in [-0.39, 0.29) is 11.2 Å². The topological polar surface area (TPSA) is 36.0 Å². The summed E-state index contributed by atoms with van der Waals surface area (Å²) in [6, 6.07) is 4.72. The molecular formula is C22H34FN3O2. The molecule has 2 aliphatic heterocycles. The number of amides is 1. The number of piperidine rings is 2. The van der Waals surface area contributed by atoms with Crippen LogP contribution in [0.2, 0.25) is 0 Å². The Labute approximate surface area is 168 Å². The van der Waals surface area contributed by atoms with Gasteiger partial charge in [-0.15, -0.1) is 0 Å². The molecule has 1 spiro atoms. The third kappa shape index (κ3) is 5.23. The zero-order valence-electron chi connectivity index (χ0n) is 17.5. The average Bonchev–Trinajstić information content (AvgIpc) is 2.67. The van der Waals surface area contributed by atoms with Crippen LogP contribution in [-0.4, -0.2) is 74.5 Å². The summed E-state index contributed by atoms with van der Waals surface area (Å²) in [6.45, 7) is 5.46. The van der Waals surface area contributed by atoms with Gasteiger partial charge >= 0.3 is 0 Å². The molecule has 0 atom stereocenters. The second-order valence-electron chi connectivity index (χ2n) is 8.70. The van der Waals surface area contributed by atoms with Crippen molar-refractivity contribution in [2.75, 3.05) is 53.9 Å². The smallest absolute Gasteiger partial charge is 0.222 e. The van der Waals surface area contributed by atoms with Crippen LogP contribution >= 0.6 is 0 Å². The van der Waals surface area contributed by atoms with Crippen molar-refractivity contribution in [1.82, 2.24) is 14.7 Å². The van der Waals surface area contributed by atoms with Crippen LogP contribution in [-0.2, 0) is 11.3 Å². The van der Waals surface area contributed by atoms with Crippen LogP contribution < -0.4 is 4.74 Å². The molecule has 156 valence electrons. The summed E-state index contributed by atoms with van der Waals surface area (Å²) in [5.74, 6) is 0.844. The molecule has 0 saturated carbocycles. The molecule has 0 bridgehead atoms. The van der Waals surface area contributed by atoms with E-state index in [0.717, 1.165) is 69.7 Å². The molecule has 1 aromatic rings. The molecule has 0 radical (unpaired) electrons. The zero-order valence-corrected chi connectivity index (χ0v) is 17.5. The van der Waals surface area contributed by atoms with Crippen molar-refractivity contribution in [3.8, 4) is 5.75 Å². The number of carbonyl (C=O) groups is 1. The van der Waals surface area contributed by atoms with Gasteiger partial charge in [-0.05, 0) is 83.0 Å². The van der Waals surface area contributed by atoms with Crippen LogP contribution in [0.25, 0.3) is 0 Å². The lowest BCUT2D eigenvalue weighted by molar-refractivity contribution is -0.139. The average molecular weight is 392 g/mol. The van der Waals surface area contributed by atoms with E-state index < -0.39 is 0 Å². The summed E-state index contributed by atoms with van der Waals surface area (Å²) in [5, 5.41) is 0. The van der Waals surface area contributed by atoms with Crippen molar-refractivity contribution in [2.24, 2.45) is 5.41 Å². The van der Waals surface area contributed by atoms with Crippen molar-refractivity contribution in [3.63, 3.8) is 0 Å². The van der Waals surface area contributed by atoms with E-state index in [9.17, 15) is 9.18 Å². The Kier molecular flexibility index (Phi) is 6.94. The SMILES string of the molecule is COc1ccc(F)cc1CN1CCC2(CCC(=O)N(CCCN(C)C)C2)CC1. The van der Waals surface area contributed by atoms with E-state index in [1.54, 1.807) is 19.2 Å². The number of hydrogen-bond donors (Lipinski definition) is 0. The fourth-order valence-corrected chi connectivity index (χ4v) is 4.59. The second kappa shape index (κ2) is 9.23. The molecule has 2 heterocycles. The Morgan fingerprint density at radius 1 is 1.21 bits per heavy atom. The molecule has 6 heteroatoms. The first-order valence-corrected chi connectivity index (χ1v) is 10.4. The van der Waals surface area contributed by atoms with Crippen molar-refractivity contribution in [2.45, 2.75) is 38.6 Å². The van der Waals surface area contributed by atoms with Gasteiger partial charge in [0.15, 0.2) is 0 Å². The molecule has 5 nitrogen and oxygen atoms in total. The molecule has 1 aromatic carbocycles. The van der Waals surface area contributed by atoms with Crippen LogP contribution in [0.1, 0.15) is 37.7 Å². The number of rotatable bonds is 7. The van der Waals surface area contributed by atoms with Gasteiger partial charge in [-0.1, -0.05) is 0 Å². The summed E-state index contributed by atoms with van der Waals surface area (Å²) in [4.78, 5) is 19.0. The number of benzene rings is 1. The van der Waals surface area contributed by atoms with Crippen LogP contribution in [0, 0.1) is 11.2 Å². The maximum atomic E-state index is 13.6. The first-order valence-electron chi connectivity index (χ1n) is 10.4. The van der Waals surface area contributed by atoms with Gasteiger partial charge in [0.1, 0.15) is 11.6 Å². The maximum absolute atomic E-state index is 13.6. The van der Waals surface area contributed by atoms with E-state index in [2.05, 4.69) is 28.8 Å². The zero-order chi connectivity index (χ0) is 20.1. The summed E-state index contributed by atoms with van der Waals surface area (Å²) >= 11 is 0. The Balaban J connectivity index is 1.55. The van der Waals surface area contributed by atoms with Crippen molar-refractivity contribution < 1.29 is 13.9 Å². The van der Waals surface area contributed by atoms with Crippen LogP contribution in [0.3, 0.4) is 0 Å². The number of nitrogens with zero attached hydrogens (tertiary/aromatic N) is 3. The molecule has 1 amide bonds. The van der Waals surface area contributed by atoms with Gasteiger partial charge in [0.05, 0.1) is 7.11 Å². The van der Waals surface area contributed by atoms with E-state index >= 15 is 0 Å². The van der Waals surface area contributed by atoms with Crippen molar-refractivity contribution in [1.29, 1.82) is 0 Å². The van der Waals surface area contributed by atoms with Gasteiger partial charge in [-0.3, -0.25) is 9.69 Å². The highest BCUT2D eigenvalue weighted by molar-refractivity contribution is 5.77. The molecule has 0 aliphatic carbocycles. The van der Waals surface area contributed by atoms with Crippen LogP contribution in [0.5, 0.6) is 5.75 Å². The molecule has 2 saturated heterocycles. The highest BCUT2D eigenvalue weighted by Gasteiger charge is 2.40. The molecule has 28 heavy (non-hydrogen) atoms. The van der Waals surface area contributed by atoms with Gasteiger partial charge in [0.25, 0.3) is 0 Å². The van der Waals surface area contributed by atoms with Gasteiger partial charge in [-0.25, -0.2) is 4.39 Å². The second-order valence-corrected chi connectivity index (χ2v) is 8.70. The lowest BCUT2D eigenvalue weighted by Crippen LogP contribution is -2.51. The molecule has 0 aromatic heterocycles. The molecule has 0 unspecified atom stereocenters. The molecule has 2 aliphatic rings. The fraction of sp³-hybridized carbons (Fsp3) is 0.682. The minimum Gasteiger partial charge on any atom is -0.496 e. The van der Waals surface area contributed by atoms with Crippen molar-refractivity contribution in [3.05, 3.63) is 29.6 Å². The normalized spacial score (nSPS) is 20.2. The Morgan fingerprint density at radius 3 is 2.64 bits per heavy atom. The van der Waals surface area contributed by atoms with E-state index in [1.807, 2.05) is 0 Å². The third-order valence-electron chi connectivity index (χ3n) is 6.33. The third-order valence-corrected chi connectivity index (χ3v) is 6.33. The standard InChI is InChI=1S/C22H34FN3O2/c1-24(2)11-4-12-26-17-22(8-7-21(26)27)9-13-25(14-10-22)16-18-15-19(23)5-6-20(18)28-3/h5-6,15H,4,7-14,16-17H2,1-3H3. The first kappa shape index (κ1) is 21.1. The van der Waals surface area contributed by atoms with Crippen LogP contribution in [0.15, 0.2) is 18.2 Å². The predicted molar refractivity (Wildman–Crippen MR) is 109 cm³/mol. The quantitative estimate of drug-likeness (QED) is 0.716. The van der Waals surface area contributed by atoms with Gasteiger partial charge in [0.2, 0.25) is 5.91 Å². The monoisotopic (exact) mass is 391 g/mol.